The van der Waals surface area contributed by atoms with Crippen molar-refractivity contribution in [1.29, 1.82) is 0 Å². The minimum absolute atomic E-state index is 0.163. The van der Waals surface area contributed by atoms with Gasteiger partial charge in [-0.15, -0.1) is 0 Å². The molecular weight excluding hydrogens is 170 g/mol. The molecule has 0 saturated carbocycles. The summed E-state index contributed by atoms with van der Waals surface area (Å²) in [4.78, 5) is 4.42. The van der Waals surface area contributed by atoms with Gasteiger partial charge in [-0.25, -0.2) is 0 Å². The molecule has 0 fully saturated rings. The summed E-state index contributed by atoms with van der Waals surface area (Å²) in [5, 5.41) is 0. The van der Waals surface area contributed by atoms with Gasteiger partial charge >= 0.3 is 0 Å². The molecule has 0 aliphatic rings. The second kappa shape index (κ2) is 4.41. The summed E-state index contributed by atoms with van der Waals surface area (Å²) in [5.74, 6) is 0. The second-order valence-corrected chi connectivity index (χ2v) is 4.18. The van der Waals surface area contributed by atoms with Crippen LogP contribution in [-0.2, 0) is 0 Å². The Kier molecular flexibility index (Phi) is 3.45. The molecule has 1 aromatic rings. The second-order valence-electron chi connectivity index (χ2n) is 4.18. The van der Waals surface area contributed by atoms with Gasteiger partial charge in [0, 0.05) is 18.2 Å². The van der Waals surface area contributed by atoms with E-state index >= 15 is 0 Å². The van der Waals surface area contributed by atoms with Gasteiger partial charge in [-0.1, -0.05) is 51.1 Å². The first-order valence-corrected chi connectivity index (χ1v) is 5.14. The Morgan fingerprint density at radius 2 is 1.79 bits per heavy atom. The summed E-state index contributed by atoms with van der Waals surface area (Å²) in [6, 6.07) is 10.4. The molecule has 76 valence electrons. The molecular formula is C13H19N. The molecule has 0 saturated heterocycles. The Morgan fingerprint density at radius 3 is 2.21 bits per heavy atom. The van der Waals surface area contributed by atoms with E-state index in [1.165, 1.54) is 11.3 Å². The number of hydrogen-bond donors (Lipinski definition) is 0. The Labute approximate surface area is 86.9 Å². The predicted molar refractivity (Wildman–Crippen MR) is 63.0 cm³/mol. The maximum atomic E-state index is 4.42. The van der Waals surface area contributed by atoms with Crippen molar-refractivity contribution in [3.63, 3.8) is 0 Å². The maximum Gasteiger partial charge on any atom is 0.0473 e. The number of aliphatic imine (C=N–C) groups is 1. The lowest BCUT2D eigenvalue weighted by Crippen LogP contribution is -2.24. The normalized spacial score (nSPS) is 13.0. The number of hydrogen-bond acceptors (Lipinski definition) is 1. The van der Waals surface area contributed by atoms with Crippen molar-refractivity contribution in [3.8, 4) is 0 Å². The third kappa shape index (κ3) is 2.22. The van der Waals surface area contributed by atoms with Crippen LogP contribution >= 0.6 is 0 Å². The summed E-state index contributed by atoms with van der Waals surface area (Å²) in [6.07, 6.45) is 1.11. The zero-order valence-electron chi connectivity index (χ0n) is 9.54. The van der Waals surface area contributed by atoms with E-state index in [0.29, 0.717) is 0 Å². The van der Waals surface area contributed by atoms with Gasteiger partial charge in [0.2, 0.25) is 0 Å². The average molecular weight is 189 g/mol. The van der Waals surface area contributed by atoms with E-state index in [-0.39, 0.29) is 5.41 Å². The van der Waals surface area contributed by atoms with E-state index in [9.17, 15) is 0 Å². The minimum atomic E-state index is 0.163. The zero-order valence-corrected chi connectivity index (χ0v) is 9.54. The molecule has 1 aromatic carbocycles. The molecule has 1 nitrogen and oxygen atoms in total. The van der Waals surface area contributed by atoms with Gasteiger partial charge in [0.05, 0.1) is 0 Å². The zero-order chi connectivity index (χ0) is 10.6. The van der Waals surface area contributed by atoms with E-state index in [0.717, 1.165) is 6.42 Å². The van der Waals surface area contributed by atoms with Gasteiger partial charge in [0.1, 0.15) is 0 Å². The molecule has 1 rings (SSSR count). The van der Waals surface area contributed by atoms with Gasteiger partial charge < -0.3 is 0 Å². The molecule has 0 N–H and O–H groups in total. The molecule has 0 aliphatic heterocycles. The molecule has 0 atom stereocenters. The Morgan fingerprint density at radius 1 is 1.21 bits per heavy atom. The molecule has 0 amide bonds. The van der Waals surface area contributed by atoms with Crippen molar-refractivity contribution in [2.75, 3.05) is 7.05 Å². The fourth-order valence-corrected chi connectivity index (χ4v) is 1.59. The van der Waals surface area contributed by atoms with Gasteiger partial charge in [0.15, 0.2) is 0 Å². The van der Waals surface area contributed by atoms with Crippen molar-refractivity contribution in [2.24, 2.45) is 10.4 Å². The Hall–Kier alpha value is -1.11. The molecule has 14 heavy (non-hydrogen) atoms. The molecule has 1 heteroatoms. The van der Waals surface area contributed by atoms with Gasteiger partial charge in [0.25, 0.3) is 0 Å². The quantitative estimate of drug-likeness (QED) is 0.645. The van der Waals surface area contributed by atoms with Crippen LogP contribution < -0.4 is 0 Å². The molecule has 0 unspecified atom stereocenters. The molecule has 0 aromatic heterocycles. The van der Waals surface area contributed by atoms with Crippen LogP contribution in [0.4, 0.5) is 0 Å². The summed E-state index contributed by atoms with van der Waals surface area (Å²) in [7, 11) is 1.87. The monoisotopic (exact) mass is 189 g/mol. The van der Waals surface area contributed by atoms with E-state index in [4.69, 9.17) is 0 Å². The summed E-state index contributed by atoms with van der Waals surface area (Å²) in [5.41, 5.74) is 2.60. The Balaban J connectivity index is 3.07. The van der Waals surface area contributed by atoms with E-state index in [1.54, 1.807) is 0 Å². The highest BCUT2D eigenvalue weighted by molar-refractivity contribution is 6.04. The van der Waals surface area contributed by atoms with Crippen LogP contribution in [0.25, 0.3) is 0 Å². The van der Waals surface area contributed by atoms with E-state index in [1.807, 2.05) is 13.1 Å². The molecule has 0 spiro atoms. The fourth-order valence-electron chi connectivity index (χ4n) is 1.59. The van der Waals surface area contributed by atoms with Gasteiger partial charge in [-0.05, 0) is 12.0 Å². The predicted octanol–water partition coefficient (Wildman–Crippen LogP) is 3.54. The van der Waals surface area contributed by atoms with Crippen molar-refractivity contribution in [3.05, 3.63) is 35.9 Å². The van der Waals surface area contributed by atoms with Crippen molar-refractivity contribution >= 4 is 5.71 Å². The van der Waals surface area contributed by atoms with Crippen LogP contribution in [0.1, 0.15) is 32.8 Å². The Bertz CT molecular complexity index is 309. The maximum absolute atomic E-state index is 4.42. The summed E-state index contributed by atoms with van der Waals surface area (Å²) in [6.45, 7) is 6.68. The highest BCUT2D eigenvalue weighted by atomic mass is 14.7. The SMILES string of the molecule is CCC(C)(C)C(=NC)c1ccccc1. The molecule has 0 aliphatic carbocycles. The van der Waals surface area contributed by atoms with Crippen LogP contribution in [0.3, 0.4) is 0 Å². The molecule has 0 bridgehead atoms. The van der Waals surface area contributed by atoms with Crippen LogP contribution in [-0.4, -0.2) is 12.8 Å². The first-order valence-electron chi connectivity index (χ1n) is 5.14. The van der Waals surface area contributed by atoms with Crippen molar-refractivity contribution in [2.45, 2.75) is 27.2 Å². The number of benzene rings is 1. The van der Waals surface area contributed by atoms with E-state index in [2.05, 4.69) is 50.0 Å². The third-order valence-corrected chi connectivity index (χ3v) is 2.80. The largest absolute Gasteiger partial charge is 0.292 e. The van der Waals surface area contributed by atoms with Crippen molar-refractivity contribution < 1.29 is 0 Å². The summed E-state index contributed by atoms with van der Waals surface area (Å²) >= 11 is 0. The van der Waals surface area contributed by atoms with Crippen molar-refractivity contribution in [1.82, 2.24) is 0 Å². The third-order valence-electron chi connectivity index (χ3n) is 2.80. The smallest absolute Gasteiger partial charge is 0.0473 e. The first kappa shape index (κ1) is 11.0. The lowest BCUT2D eigenvalue weighted by atomic mass is 9.81. The van der Waals surface area contributed by atoms with Crippen LogP contribution in [0.15, 0.2) is 35.3 Å². The average Bonchev–Trinajstić information content (AvgIpc) is 2.20. The lowest BCUT2D eigenvalue weighted by Gasteiger charge is -2.25. The fraction of sp³-hybridized carbons (Fsp3) is 0.462. The standard InChI is InChI=1S/C13H19N/c1-5-13(2,3)12(14-4)11-9-7-6-8-10-11/h6-10H,5H2,1-4H3. The number of rotatable bonds is 3. The highest BCUT2D eigenvalue weighted by Crippen LogP contribution is 2.26. The van der Waals surface area contributed by atoms with Crippen LogP contribution in [0, 0.1) is 5.41 Å². The number of nitrogens with zero attached hydrogens (tertiary/aromatic N) is 1. The lowest BCUT2D eigenvalue weighted by molar-refractivity contribution is 0.503. The molecule has 0 radical (unpaired) electrons. The van der Waals surface area contributed by atoms with Crippen LogP contribution in [0.5, 0.6) is 0 Å². The first-order chi connectivity index (χ1) is 6.61. The minimum Gasteiger partial charge on any atom is -0.292 e. The topological polar surface area (TPSA) is 12.4 Å². The van der Waals surface area contributed by atoms with Gasteiger partial charge in [-0.2, -0.15) is 0 Å². The summed E-state index contributed by atoms with van der Waals surface area (Å²) < 4.78 is 0. The molecule has 0 heterocycles. The van der Waals surface area contributed by atoms with Gasteiger partial charge in [-0.3, -0.25) is 4.99 Å². The highest BCUT2D eigenvalue weighted by Gasteiger charge is 2.23. The van der Waals surface area contributed by atoms with E-state index < -0.39 is 0 Å². The van der Waals surface area contributed by atoms with Crippen LogP contribution in [0.2, 0.25) is 0 Å².